The molecule has 10 heteroatoms. The van der Waals surface area contributed by atoms with Crippen LogP contribution in [-0.2, 0) is 24.0 Å². The summed E-state index contributed by atoms with van der Waals surface area (Å²) in [6, 6.07) is -1.08. The lowest BCUT2D eigenvalue weighted by Crippen LogP contribution is -2.48. The van der Waals surface area contributed by atoms with Gasteiger partial charge in [-0.15, -0.1) is 0 Å². The van der Waals surface area contributed by atoms with Crippen LogP contribution in [0.25, 0.3) is 0 Å². The van der Waals surface area contributed by atoms with Gasteiger partial charge in [0.1, 0.15) is 6.04 Å². The molecule has 0 aromatic carbocycles. The molecule has 0 radical (unpaired) electrons. The van der Waals surface area contributed by atoms with Crippen LogP contribution in [0.15, 0.2) is 0 Å². The second-order valence-electron chi connectivity index (χ2n) is 11.4. The van der Waals surface area contributed by atoms with Crippen molar-refractivity contribution in [1.29, 1.82) is 0 Å². The van der Waals surface area contributed by atoms with Gasteiger partial charge in [0, 0.05) is 39.4 Å². The first-order chi connectivity index (χ1) is 20.3. The van der Waals surface area contributed by atoms with Crippen molar-refractivity contribution in [2.75, 3.05) is 19.6 Å². The van der Waals surface area contributed by atoms with E-state index >= 15 is 0 Å². The molecule has 0 aromatic rings. The smallest absolute Gasteiger partial charge is 0.305 e. The van der Waals surface area contributed by atoms with E-state index in [-0.39, 0.29) is 24.1 Å². The number of carbonyl (C=O) groups is 5. The average Bonchev–Trinajstić information content (AvgIpc) is 2.94. The van der Waals surface area contributed by atoms with E-state index in [1.54, 1.807) is 0 Å². The molecule has 0 heterocycles. The normalized spacial score (nSPS) is 11.5. The molecule has 0 unspecified atom stereocenters. The molecule has 0 aliphatic carbocycles. The minimum absolute atomic E-state index is 0.00158. The largest absolute Gasteiger partial charge is 0.481 e. The number of carbonyl (C=O) groups excluding carboxylic acids is 4. The number of unbranched alkanes of at least 4 members (excludes halogenated alkanes) is 15. The number of aliphatic carboxylic acids is 1. The number of carboxylic acid groups (broad SMARTS) is 1. The standard InChI is InChI=1S/C32H60N4O6/c1-3-4-5-6-7-8-9-10-11-12-13-18-25-35-32(42)28(26-31(40)41)36-30(39)22-17-15-20-24-34-29(38)21-16-14-19-23-33-27(2)37/h28H,3-26H2,1-2H3,(H,33,37)(H,34,38)(H,35,42)(H,36,39)(H,40,41)/t28-/m0/s1. The van der Waals surface area contributed by atoms with Crippen molar-refractivity contribution in [3.05, 3.63) is 0 Å². The molecule has 0 spiro atoms. The lowest BCUT2D eigenvalue weighted by atomic mass is 10.1. The Bertz CT molecular complexity index is 747. The summed E-state index contributed by atoms with van der Waals surface area (Å²) in [6.45, 7) is 5.36. The van der Waals surface area contributed by atoms with E-state index in [0.717, 1.165) is 51.4 Å². The van der Waals surface area contributed by atoms with Crippen molar-refractivity contribution in [2.24, 2.45) is 0 Å². The Labute approximate surface area is 254 Å². The van der Waals surface area contributed by atoms with Gasteiger partial charge in [-0.05, 0) is 32.1 Å². The highest BCUT2D eigenvalue weighted by molar-refractivity contribution is 5.90. The van der Waals surface area contributed by atoms with Crippen LogP contribution >= 0.6 is 0 Å². The first-order valence-electron chi connectivity index (χ1n) is 16.6. The zero-order valence-electron chi connectivity index (χ0n) is 26.5. The van der Waals surface area contributed by atoms with Gasteiger partial charge in [0.25, 0.3) is 0 Å². The van der Waals surface area contributed by atoms with Gasteiger partial charge in [-0.25, -0.2) is 0 Å². The second kappa shape index (κ2) is 28.5. The molecule has 0 aliphatic rings. The first kappa shape index (κ1) is 39.4. The SMILES string of the molecule is CCCCCCCCCCCCCCNC(=O)[C@H](CC(=O)O)NC(=O)CCCCCNC(=O)CCCCCNC(C)=O. The third-order valence-electron chi connectivity index (χ3n) is 7.22. The molecular weight excluding hydrogens is 536 g/mol. The van der Waals surface area contributed by atoms with Crippen LogP contribution in [0.2, 0.25) is 0 Å². The minimum Gasteiger partial charge on any atom is -0.481 e. The molecule has 5 N–H and O–H groups in total. The molecular formula is C32H60N4O6. The summed E-state index contributed by atoms with van der Waals surface area (Å²) in [4.78, 5) is 58.7. The van der Waals surface area contributed by atoms with E-state index in [9.17, 15) is 29.1 Å². The number of hydrogen-bond acceptors (Lipinski definition) is 5. The molecule has 0 aromatic heterocycles. The fourth-order valence-electron chi connectivity index (χ4n) is 4.71. The topological polar surface area (TPSA) is 154 Å². The van der Waals surface area contributed by atoms with Crippen molar-refractivity contribution < 1.29 is 29.1 Å². The van der Waals surface area contributed by atoms with Crippen molar-refractivity contribution in [1.82, 2.24) is 21.3 Å². The first-order valence-corrected chi connectivity index (χ1v) is 16.6. The fraction of sp³-hybridized carbons (Fsp3) is 0.844. The highest BCUT2D eigenvalue weighted by Crippen LogP contribution is 2.12. The van der Waals surface area contributed by atoms with E-state index in [1.807, 2.05) is 0 Å². The average molecular weight is 597 g/mol. The molecule has 4 amide bonds. The van der Waals surface area contributed by atoms with Crippen LogP contribution in [0.5, 0.6) is 0 Å². The third-order valence-corrected chi connectivity index (χ3v) is 7.22. The highest BCUT2D eigenvalue weighted by Gasteiger charge is 2.23. The quantitative estimate of drug-likeness (QED) is 0.0754. The van der Waals surface area contributed by atoms with Gasteiger partial charge in [-0.3, -0.25) is 24.0 Å². The molecule has 0 fully saturated rings. The van der Waals surface area contributed by atoms with Crippen LogP contribution in [0.4, 0.5) is 0 Å². The number of hydrogen-bond donors (Lipinski definition) is 5. The summed E-state index contributed by atoms with van der Waals surface area (Å²) in [5, 5.41) is 20.1. The molecule has 0 rings (SSSR count). The molecule has 0 aliphatic heterocycles. The maximum atomic E-state index is 12.5. The lowest BCUT2D eigenvalue weighted by molar-refractivity contribution is -0.140. The van der Waals surface area contributed by atoms with Crippen LogP contribution in [0.1, 0.15) is 149 Å². The minimum atomic E-state index is -1.13. The summed E-state index contributed by atoms with van der Waals surface area (Å²) in [7, 11) is 0. The predicted molar refractivity (Wildman–Crippen MR) is 167 cm³/mol. The van der Waals surface area contributed by atoms with E-state index in [1.165, 1.54) is 64.7 Å². The number of nitrogens with one attached hydrogen (secondary N) is 4. The van der Waals surface area contributed by atoms with Crippen LogP contribution in [0.3, 0.4) is 0 Å². The Morgan fingerprint density at radius 3 is 1.48 bits per heavy atom. The molecule has 0 bridgehead atoms. The Morgan fingerprint density at radius 1 is 0.548 bits per heavy atom. The molecule has 244 valence electrons. The zero-order valence-corrected chi connectivity index (χ0v) is 26.5. The number of rotatable bonds is 29. The molecule has 10 nitrogen and oxygen atoms in total. The van der Waals surface area contributed by atoms with Gasteiger partial charge in [0.15, 0.2) is 0 Å². The van der Waals surface area contributed by atoms with E-state index in [0.29, 0.717) is 32.5 Å². The van der Waals surface area contributed by atoms with Gasteiger partial charge in [0.2, 0.25) is 23.6 Å². The molecule has 0 saturated carbocycles. The third kappa shape index (κ3) is 27.5. The van der Waals surface area contributed by atoms with Gasteiger partial charge < -0.3 is 26.4 Å². The van der Waals surface area contributed by atoms with Crippen LogP contribution in [0, 0.1) is 0 Å². The second-order valence-corrected chi connectivity index (χ2v) is 11.4. The Kier molecular flexibility index (Phi) is 26.7. The van der Waals surface area contributed by atoms with Crippen LogP contribution < -0.4 is 21.3 Å². The predicted octanol–water partition coefficient (Wildman–Crippen LogP) is 5.14. The summed E-state index contributed by atoms with van der Waals surface area (Å²) in [5.41, 5.74) is 0. The van der Waals surface area contributed by atoms with Gasteiger partial charge in [-0.1, -0.05) is 90.4 Å². The van der Waals surface area contributed by atoms with Crippen molar-refractivity contribution in [2.45, 2.75) is 155 Å². The van der Waals surface area contributed by atoms with E-state index in [4.69, 9.17) is 0 Å². The molecule has 42 heavy (non-hydrogen) atoms. The summed E-state index contributed by atoms with van der Waals surface area (Å²) in [5.74, 6) is -1.98. The van der Waals surface area contributed by atoms with E-state index < -0.39 is 24.3 Å². The Balaban J connectivity index is 3.89. The van der Waals surface area contributed by atoms with Crippen molar-refractivity contribution in [3.8, 4) is 0 Å². The summed E-state index contributed by atoms with van der Waals surface area (Å²) >= 11 is 0. The lowest BCUT2D eigenvalue weighted by Gasteiger charge is -2.17. The van der Waals surface area contributed by atoms with Gasteiger partial charge >= 0.3 is 5.97 Å². The van der Waals surface area contributed by atoms with Crippen LogP contribution in [-0.4, -0.2) is 60.4 Å². The highest BCUT2D eigenvalue weighted by atomic mass is 16.4. The Hall–Kier alpha value is -2.65. The zero-order chi connectivity index (χ0) is 31.3. The maximum absolute atomic E-state index is 12.5. The van der Waals surface area contributed by atoms with Gasteiger partial charge in [0.05, 0.1) is 6.42 Å². The number of carboxylic acids is 1. The van der Waals surface area contributed by atoms with E-state index in [2.05, 4.69) is 28.2 Å². The maximum Gasteiger partial charge on any atom is 0.305 e. The molecule has 0 saturated heterocycles. The monoisotopic (exact) mass is 596 g/mol. The molecule has 1 atom stereocenters. The summed E-state index contributed by atoms with van der Waals surface area (Å²) < 4.78 is 0. The summed E-state index contributed by atoms with van der Waals surface area (Å²) in [6.07, 6.45) is 19.5. The Morgan fingerprint density at radius 2 is 0.976 bits per heavy atom. The van der Waals surface area contributed by atoms with Crippen molar-refractivity contribution in [3.63, 3.8) is 0 Å². The van der Waals surface area contributed by atoms with Crippen molar-refractivity contribution >= 4 is 29.6 Å². The fourth-order valence-corrected chi connectivity index (χ4v) is 4.71. The van der Waals surface area contributed by atoms with Gasteiger partial charge in [-0.2, -0.15) is 0 Å². The number of amides is 4.